The van der Waals surface area contributed by atoms with E-state index >= 15 is 0 Å². The molecule has 0 aliphatic heterocycles. The molecule has 1 aromatic carbocycles. The summed E-state index contributed by atoms with van der Waals surface area (Å²) in [5, 5.41) is 9.18. The van der Waals surface area contributed by atoms with Gasteiger partial charge < -0.3 is 4.42 Å². The lowest BCUT2D eigenvalue weighted by Gasteiger charge is -1.98. The first-order valence-electron chi connectivity index (χ1n) is 3.84. The van der Waals surface area contributed by atoms with E-state index in [-0.39, 0.29) is 12.2 Å². The second kappa shape index (κ2) is 2.91. The monoisotopic (exact) mass is 175 g/mol. The highest BCUT2D eigenvalue weighted by molar-refractivity contribution is 5.81. The van der Waals surface area contributed by atoms with Crippen molar-refractivity contribution < 1.29 is 8.81 Å². The lowest BCUT2D eigenvalue weighted by Crippen LogP contribution is -1.88. The minimum Gasteiger partial charge on any atom is -0.464 e. The van der Waals surface area contributed by atoms with Crippen molar-refractivity contribution in [1.29, 1.82) is 5.26 Å². The molecule has 0 N–H and O–H groups in total. The summed E-state index contributed by atoms with van der Waals surface area (Å²) in [5.41, 5.74) is 1.03. The van der Waals surface area contributed by atoms with Gasteiger partial charge in [-0.2, -0.15) is 5.26 Å². The number of hydrogen-bond acceptors (Lipinski definition) is 2. The molecule has 13 heavy (non-hydrogen) atoms. The summed E-state index contributed by atoms with van der Waals surface area (Å²) in [5.74, 6) is -0.351. The van der Waals surface area contributed by atoms with E-state index in [4.69, 9.17) is 9.68 Å². The quantitative estimate of drug-likeness (QED) is 0.668. The smallest absolute Gasteiger partial charge is 0.134 e. The van der Waals surface area contributed by atoms with Crippen molar-refractivity contribution in [2.24, 2.45) is 0 Å². The van der Waals surface area contributed by atoms with E-state index in [0.717, 1.165) is 0 Å². The summed E-state index contributed by atoms with van der Waals surface area (Å²) < 4.78 is 18.3. The summed E-state index contributed by atoms with van der Waals surface area (Å²) in [6, 6.07) is 6.48. The van der Waals surface area contributed by atoms with Gasteiger partial charge in [-0.05, 0) is 18.2 Å². The maximum atomic E-state index is 13.2. The fourth-order valence-electron chi connectivity index (χ4n) is 1.34. The molecule has 0 saturated heterocycles. The second-order valence-corrected chi connectivity index (χ2v) is 2.69. The van der Waals surface area contributed by atoms with Crippen LogP contribution in [0.1, 0.15) is 5.56 Å². The van der Waals surface area contributed by atoms with Gasteiger partial charge in [0.15, 0.2) is 0 Å². The van der Waals surface area contributed by atoms with Gasteiger partial charge in [0.1, 0.15) is 11.4 Å². The SMILES string of the molecule is N#CCc1c(F)ccc2occc12. The molecule has 3 heteroatoms. The van der Waals surface area contributed by atoms with Crippen molar-refractivity contribution in [3.63, 3.8) is 0 Å². The Kier molecular flexibility index (Phi) is 1.75. The van der Waals surface area contributed by atoms with Crippen molar-refractivity contribution in [3.05, 3.63) is 35.8 Å². The molecule has 64 valence electrons. The largest absolute Gasteiger partial charge is 0.464 e. The number of nitriles is 1. The van der Waals surface area contributed by atoms with Crippen LogP contribution in [0.25, 0.3) is 11.0 Å². The standard InChI is InChI=1S/C10H6FNO/c11-9-1-2-10-8(4-6-13-10)7(9)3-5-12/h1-2,4,6H,3H2. The van der Waals surface area contributed by atoms with Gasteiger partial charge in [-0.3, -0.25) is 0 Å². The maximum absolute atomic E-state index is 13.2. The third-order valence-electron chi connectivity index (χ3n) is 1.95. The molecular formula is C10H6FNO. The lowest BCUT2D eigenvalue weighted by atomic mass is 10.1. The predicted molar refractivity (Wildman–Crippen MR) is 45.5 cm³/mol. The minimum absolute atomic E-state index is 0.0721. The third kappa shape index (κ3) is 1.17. The van der Waals surface area contributed by atoms with Gasteiger partial charge in [-0.25, -0.2) is 4.39 Å². The molecule has 0 bridgehead atoms. The van der Waals surface area contributed by atoms with Crippen LogP contribution in [0.3, 0.4) is 0 Å². The highest BCUT2D eigenvalue weighted by Gasteiger charge is 2.08. The van der Waals surface area contributed by atoms with Gasteiger partial charge in [0.2, 0.25) is 0 Å². The number of halogens is 1. The molecule has 2 nitrogen and oxygen atoms in total. The average molecular weight is 175 g/mol. The number of hydrogen-bond donors (Lipinski definition) is 0. The summed E-state index contributed by atoms with van der Waals surface area (Å²) in [4.78, 5) is 0. The summed E-state index contributed by atoms with van der Waals surface area (Å²) in [7, 11) is 0. The molecule has 0 unspecified atom stereocenters. The van der Waals surface area contributed by atoms with Crippen LogP contribution in [0, 0.1) is 17.1 Å². The average Bonchev–Trinajstić information content (AvgIpc) is 2.58. The number of fused-ring (bicyclic) bond motifs is 1. The maximum Gasteiger partial charge on any atom is 0.134 e. The number of benzene rings is 1. The Bertz CT molecular complexity index is 481. The van der Waals surface area contributed by atoms with Crippen LogP contribution in [0.2, 0.25) is 0 Å². The molecule has 2 aromatic rings. The molecule has 0 amide bonds. The first kappa shape index (κ1) is 7.81. The molecule has 0 atom stereocenters. The fraction of sp³-hybridized carbons (Fsp3) is 0.100. The van der Waals surface area contributed by atoms with Crippen LogP contribution >= 0.6 is 0 Å². The van der Waals surface area contributed by atoms with E-state index in [1.54, 1.807) is 12.1 Å². The van der Waals surface area contributed by atoms with Gasteiger partial charge in [0.05, 0.1) is 18.8 Å². The van der Waals surface area contributed by atoms with Gasteiger partial charge >= 0.3 is 0 Å². The predicted octanol–water partition coefficient (Wildman–Crippen LogP) is 2.64. The topological polar surface area (TPSA) is 36.9 Å². The zero-order valence-corrected chi connectivity index (χ0v) is 6.75. The Morgan fingerprint density at radius 2 is 2.23 bits per heavy atom. The first-order chi connectivity index (χ1) is 6.33. The zero-order chi connectivity index (χ0) is 9.26. The van der Waals surface area contributed by atoms with Crippen LogP contribution < -0.4 is 0 Å². The molecule has 2 rings (SSSR count). The van der Waals surface area contributed by atoms with E-state index in [2.05, 4.69) is 0 Å². The Labute approximate surface area is 74.2 Å². The van der Waals surface area contributed by atoms with Gasteiger partial charge in [-0.15, -0.1) is 0 Å². The van der Waals surface area contributed by atoms with Crippen LogP contribution in [-0.4, -0.2) is 0 Å². The molecule has 1 aromatic heterocycles. The Balaban J connectivity index is 2.74. The second-order valence-electron chi connectivity index (χ2n) is 2.69. The molecule has 1 heterocycles. The lowest BCUT2D eigenvalue weighted by molar-refractivity contribution is 0.605. The van der Waals surface area contributed by atoms with E-state index in [9.17, 15) is 4.39 Å². The van der Waals surface area contributed by atoms with Crippen LogP contribution in [-0.2, 0) is 6.42 Å². The molecule has 0 fully saturated rings. The van der Waals surface area contributed by atoms with Crippen molar-refractivity contribution >= 4 is 11.0 Å². The van der Waals surface area contributed by atoms with E-state index in [0.29, 0.717) is 16.5 Å². The van der Waals surface area contributed by atoms with Crippen LogP contribution in [0.15, 0.2) is 28.9 Å². The molecule has 0 aliphatic rings. The Morgan fingerprint density at radius 3 is 3.00 bits per heavy atom. The van der Waals surface area contributed by atoms with E-state index in [1.807, 2.05) is 6.07 Å². The number of furan rings is 1. The molecule has 0 aliphatic carbocycles. The number of rotatable bonds is 1. The third-order valence-corrected chi connectivity index (χ3v) is 1.95. The normalized spacial score (nSPS) is 10.2. The van der Waals surface area contributed by atoms with Crippen molar-refractivity contribution in [3.8, 4) is 6.07 Å². The first-order valence-corrected chi connectivity index (χ1v) is 3.84. The molecular weight excluding hydrogens is 169 g/mol. The summed E-state index contributed by atoms with van der Waals surface area (Å²) >= 11 is 0. The Morgan fingerprint density at radius 1 is 1.38 bits per heavy atom. The Hall–Kier alpha value is -1.82. The van der Waals surface area contributed by atoms with Gasteiger partial charge in [-0.1, -0.05) is 0 Å². The van der Waals surface area contributed by atoms with E-state index in [1.165, 1.54) is 12.3 Å². The van der Waals surface area contributed by atoms with Gasteiger partial charge in [0, 0.05) is 10.9 Å². The highest BCUT2D eigenvalue weighted by Crippen LogP contribution is 2.22. The van der Waals surface area contributed by atoms with Crippen molar-refractivity contribution in [1.82, 2.24) is 0 Å². The zero-order valence-electron chi connectivity index (χ0n) is 6.75. The summed E-state index contributed by atoms with van der Waals surface area (Å²) in [6.45, 7) is 0. The fourth-order valence-corrected chi connectivity index (χ4v) is 1.34. The van der Waals surface area contributed by atoms with Gasteiger partial charge in [0.25, 0.3) is 0 Å². The number of nitrogens with zero attached hydrogens (tertiary/aromatic N) is 1. The highest BCUT2D eigenvalue weighted by atomic mass is 19.1. The molecule has 0 saturated carbocycles. The van der Waals surface area contributed by atoms with Crippen LogP contribution in [0.4, 0.5) is 4.39 Å². The molecule has 0 spiro atoms. The van der Waals surface area contributed by atoms with Crippen molar-refractivity contribution in [2.45, 2.75) is 6.42 Å². The van der Waals surface area contributed by atoms with E-state index < -0.39 is 0 Å². The molecule has 0 radical (unpaired) electrons. The minimum atomic E-state index is -0.351. The van der Waals surface area contributed by atoms with Crippen LogP contribution in [0.5, 0.6) is 0 Å². The summed E-state index contributed by atoms with van der Waals surface area (Å²) in [6.07, 6.45) is 1.56. The van der Waals surface area contributed by atoms with Crippen molar-refractivity contribution in [2.75, 3.05) is 0 Å².